The Morgan fingerprint density at radius 1 is 1.67 bits per heavy atom. The van der Waals surface area contributed by atoms with Crippen molar-refractivity contribution in [2.45, 2.75) is 25.9 Å². The van der Waals surface area contributed by atoms with Crippen molar-refractivity contribution in [3.05, 3.63) is 16.1 Å². The summed E-state index contributed by atoms with van der Waals surface area (Å²) in [7, 11) is 0. The molecule has 0 bridgehead atoms. The molecular weight excluding hydrogens is 252 g/mol. The summed E-state index contributed by atoms with van der Waals surface area (Å²) in [6.45, 7) is 4.33. The number of aryl methyl sites for hydroxylation is 1. The van der Waals surface area contributed by atoms with Crippen LogP contribution in [0.2, 0.25) is 0 Å². The Hall–Kier alpha value is -1.47. The van der Waals surface area contributed by atoms with E-state index in [2.05, 4.69) is 20.9 Å². The Balaban J connectivity index is 1.89. The van der Waals surface area contributed by atoms with Crippen LogP contribution in [-0.2, 0) is 9.59 Å². The number of nitrogens with zero attached hydrogens (tertiary/aromatic N) is 1. The van der Waals surface area contributed by atoms with E-state index in [-0.39, 0.29) is 30.4 Å². The summed E-state index contributed by atoms with van der Waals surface area (Å²) in [4.78, 5) is 27.2. The minimum absolute atomic E-state index is 0.0809. The van der Waals surface area contributed by atoms with E-state index in [0.717, 1.165) is 10.7 Å². The van der Waals surface area contributed by atoms with Crippen molar-refractivity contribution in [1.82, 2.24) is 20.9 Å². The molecule has 1 aliphatic rings. The number of carbonyl (C=O) groups is 2. The van der Waals surface area contributed by atoms with Gasteiger partial charge in [0.25, 0.3) is 0 Å². The van der Waals surface area contributed by atoms with Gasteiger partial charge < -0.3 is 10.6 Å². The van der Waals surface area contributed by atoms with Crippen LogP contribution in [0.1, 0.15) is 23.7 Å². The lowest BCUT2D eigenvalue weighted by molar-refractivity contribution is -0.127. The second-order valence-corrected chi connectivity index (χ2v) is 5.18. The van der Waals surface area contributed by atoms with Gasteiger partial charge in [-0.05, 0) is 13.8 Å². The molecule has 2 atom stereocenters. The van der Waals surface area contributed by atoms with Crippen LogP contribution >= 0.6 is 11.3 Å². The van der Waals surface area contributed by atoms with Crippen LogP contribution in [0.4, 0.5) is 0 Å². The average molecular weight is 268 g/mol. The van der Waals surface area contributed by atoms with Gasteiger partial charge >= 0.3 is 0 Å². The van der Waals surface area contributed by atoms with Crippen molar-refractivity contribution in [1.29, 1.82) is 0 Å². The fourth-order valence-electron chi connectivity index (χ4n) is 1.70. The molecule has 2 amide bonds. The first-order chi connectivity index (χ1) is 8.56. The average Bonchev–Trinajstić information content (AvgIpc) is 2.76. The van der Waals surface area contributed by atoms with Crippen molar-refractivity contribution >= 4 is 23.2 Å². The summed E-state index contributed by atoms with van der Waals surface area (Å²) in [6.07, 6.45) is 0. The molecular formula is C11H16N4O2S. The molecule has 0 spiro atoms. The molecule has 0 aliphatic carbocycles. The third kappa shape index (κ3) is 3.05. The number of rotatable bonds is 3. The zero-order chi connectivity index (χ0) is 13.1. The van der Waals surface area contributed by atoms with Gasteiger partial charge in [0, 0.05) is 17.6 Å². The van der Waals surface area contributed by atoms with Gasteiger partial charge in [-0.2, -0.15) is 0 Å². The summed E-state index contributed by atoms with van der Waals surface area (Å²) in [5, 5.41) is 11.3. The number of amides is 2. The highest BCUT2D eigenvalue weighted by molar-refractivity contribution is 7.09. The molecule has 2 heterocycles. The number of nitrogens with one attached hydrogen (secondary N) is 3. The monoisotopic (exact) mass is 268 g/mol. The molecule has 1 fully saturated rings. The Labute approximate surface area is 109 Å². The first-order valence-corrected chi connectivity index (χ1v) is 6.66. The summed E-state index contributed by atoms with van der Waals surface area (Å²) < 4.78 is 0. The Kier molecular flexibility index (Phi) is 3.93. The quantitative estimate of drug-likeness (QED) is 0.704. The van der Waals surface area contributed by atoms with Crippen LogP contribution in [0, 0.1) is 6.92 Å². The predicted octanol–water partition coefficient (Wildman–Crippen LogP) is -0.283. The molecule has 2 rings (SSSR count). The van der Waals surface area contributed by atoms with E-state index < -0.39 is 0 Å². The van der Waals surface area contributed by atoms with Gasteiger partial charge in [0.1, 0.15) is 11.0 Å². The maximum atomic E-state index is 11.9. The summed E-state index contributed by atoms with van der Waals surface area (Å²) >= 11 is 1.53. The highest BCUT2D eigenvalue weighted by Gasteiger charge is 2.25. The second-order valence-electron chi connectivity index (χ2n) is 4.29. The van der Waals surface area contributed by atoms with Gasteiger partial charge in [0.15, 0.2) is 0 Å². The maximum absolute atomic E-state index is 11.9. The van der Waals surface area contributed by atoms with Gasteiger partial charge in [-0.1, -0.05) is 0 Å². The summed E-state index contributed by atoms with van der Waals surface area (Å²) in [5.74, 6) is -0.196. The van der Waals surface area contributed by atoms with E-state index in [1.165, 1.54) is 11.3 Å². The molecule has 6 nitrogen and oxygen atoms in total. The lowest BCUT2D eigenvalue weighted by atomic mass is 10.2. The fraction of sp³-hybridized carbons (Fsp3) is 0.545. The molecule has 1 aliphatic heterocycles. The predicted molar refractivity (Wildman–Crippen MR) is 68.2 cm³/mol. The molecule has 3 N–H and O–H groups in total. The Morgan fingerprint density at radius 3 is 3.00 bits per heavy atom. The Morgan fingerprint density at radius 2 is 2.44 bits per heavy atom. The Bertz CT molecular complexity index is 450. The van der Waals surface area contributed by atoms with Crippen molar-refractivity contribution < 1.29 is 9.59 Å². The zero-order valence-electron chi connectivity index (χ0n) is 10.3. The van der Waals surface area contributed by atoms with Crippen LogP contribution < -0.4 is 16.0 Å². The number of hydrogen-bond donors (Lipinski definition) is 3. The van der Waals surface area contributed by atoms with Crippen LogP contribution in [-0.4, -0.2) is 35.9 Å². The lowest BCUT2D eigenvalue weighted by Crippen LogP contribution is -2.58. The SMILES string of the molecule is Cc1csc(C(C)NC(=O)C2CNC(=O)CN2)n1. The summed E-state index contributed by atoms with van der Waals surface area (Å²) in [6, 6.07) is -0.484. The van der Waals surface area contributed by atoms with Crippen LogP contribution in [0.5, 0.6) is 0 Å². The number of hydrogen-bond acceptors (Lipinski definition) is 5. The third-order valence-electron chi connectivity index (χ3n) is 2.69. The van der Waals surface area contributed by atoms with E-state index in [9.17, 15) is 9.59 Å². The van der Waals surface area contributed by atoms with Gasteiger partial charge in [-0.15, -0.1) is 11.3 Å². The fourth-order valence-corrected chi connectivity index (χ4v) is 2.50. The van der Waals surface area contributed by atoms with Gasteiger partial charge in [0.05, 0.1) is 12.6 Å². The molecule has 1 saturated heterocycles. The minimum Gasteiger partial charge on any atom is -0.353 e. The molecule has 1 aromatic heterocycles. The first kappa shape index (κ1) is 13.0. The zero-order valence-corrected chi connectivity index (χ0v) is 11.1. The molecule has 7 heteroatoms. The van der Waals surface area contributed by atoms with E-state index in [1.807, 2.05) is 19.2 Å². The number of thiazole rings is 1. The smallest absolute Gasteiger partial charge is 0.239 e. The van der Waals surface area contributed by atoms with Gasteiger partial charge in [0.2, 0.25) is 11.8 Å². The molecule has 18 heavy (non-hydrogen) atoms. The number of aromatic nitrogens is 1. The standard InChI is InChI=1S/C11H16N4O2S/c1-6-5-18-11(14-6)7(2)15-10(17)8-3-13-9(16)4-12-8/h5,7-8,12H,3-4H2,1-2H3,(H,13,16)(H,15,17). The maximum Gasteiger partial charge on any atom is 0.239 e. The largest absolute Gasteiger partial charge is 0.353 e. The minimum atomic E-state index is -0.369. The molecule has 0 aromatic carbocycles. The van der Waals surface area contributed by atoms with Crippen molar-refractivity contribution in [3.8, 4) is 0 Å². The van der Waals surface area contributed by atoms with Gasteiger partial charge in [-0.25, -0.2) is 4.98 Å². The molecule has 0 radical (unpaired) electrons. The number of piperazine rings is 1. The van der Waals surface area contributed by atoms with E-state index in [1.54, 1.807) is 0 Å². The van der Waals surface area contributed by atoms with Crippen molar-refractivity contribution in [3.63, 3.8) is 0 Å². The van der Waals surface area contributed by atoms with Crippen LogP contribution in [0.25, 0.3) is 0 Å². The molecule has 1 aromatic rings. The van der Waals surface area contributed by atoms with E-state index in [4.69, 9.17) is 0 Å². The number of carbonyl (C=O) groups excluding carboxylic acids is 2. The third-order valence-corrected chi connectivity index (χ3v) is 3.84. The highest BCUT2D eigenvalue weighted by atomic mass is 32.1. The van der Waals surface area contributed by atoms with Crippen LogP contribution in [0.3, 0.4) is 0 Å². The lowest BCUT2D eigenvalue weighted by Gasteiger charge is -2.24. The van der Waals surface area contributed by atoms with E-state index >= 15 is 0 Å². The van der Waals surface area contributed by atoms with Gasteiger partial charge in [-0.3, -0.25) is 14.9 Å². The summed E-state index contributed by atoms with van der Waals surface area (Å²) in [5.41, 5.74) is 0.958. The van der Waals surface area contributed by atoms with Crippen molar-refractivity contribution in [2.75, 3.05) is 13.1 Å². The van der Waals surface area contributed by atoms with E-state index in [0.29, 0.717) is 6.54 Å². The first-order valence-electron chi connectivity index (χ1n) is 5.78. The molecule has 98 valence electrons. The second kappa shape index (κ2) is 5.45. The highest BCUT2D eigenvalue weighted by Crippen LogP contribution is 2.17. The normalized spacial score (nSPS) is 21.2. The van der Waals surface area contributed by atoms with Crippen LogP contribution in [0.15, 0.2) is 5.38 Å². The molecule has 0 saturated carbocycles. The van der Waals surface area contributed by atoms with Crippen molar-refractivity contribution in [2.24, 2.45) is 0 Å². The molecule has 2 unspecified atom stereocenters. The topological polar surface area (TPSA) is 83.1 Å².